The van der Waals surface area contributed by atoms with Crippen LogP contribution in [0.2, 0.25) is 0 Å². The van der Waals surface area contributed by atoms with E-state index in [0.717, 1.165) is 20.4 Å². The molecule has 0 fully saturated rings. The lowest BCUT2D eigenvalue weighted by atomic mass is 10.0. The number of halogens is 1. The fourth-order valence-corrected chi connectivity index (χ4v) is 2.51. The van der Waals surface area contributed by atoms with Crippen molar-refractivity contribution < 1.29 is 9.53 Å². The molecular formula is C17H18INO2. The molecule has 0 aromatic heterocycles. The van der Waals surface area contributed by atoms with Crippen LogP contribution in [-0.4, -0.2) is 13.0 Å². The summed E-state index contributed by atoms with van der Waals surface area (Å²) in [5.41, 5.74) is 2.78. The maximum atomic E-state index is 12.3. The Bertz CT molecular complexity index is 638. The Morgan fingerprint density at radius 1 is 1.19 bits per heavy atom. The lowest BCUT2D eigenvalue weighted by Crippen LogP contribution is -2.27. The Hall–Kier alpha value is -1.56. The zero-order valence-electron chi connectivity index (χ0n) is 12.3. The summed E-state index contributed by atoms with van der Waals surface area (Å²) in [6.45, 7) is 3.98. The van der Waals surface area contributed by atoms with Crippen LogP contribution in [0.4, 0.5) is 0 Å². The summed E-state index contributed by atoms with van der Waals surface area (Å²) in [4.78, 5) is 12.3. The number of carbonyl (C=O) groups is 1. The summed E-state index contributed by atoms with van der Waals surface area (Å²) in [6.07, 6.45) is 0. The Morgan fingerprint density at radius 2 is 1.86 bits per heavy atom. The quantitative estimate of drug-likeness (QED) is 0.792. The Labute approximate surface area is 138 Å². The summed E-state index contributed by atoms with van der Waals surface area (Å²) in [7, 11) is 1.64. The van der Waals surface area contributed by atoms with Gasteiger partial charge in [-0.2, -0.15) is 0 Å². The minimum absolute atomic E-state index is 0.0811. The largest absolute Gasteiger partial charge is 0.496 e. The highest BCUT2D eigenvalue weighted by atomic mass is 127. The summed E-state index contributed by atoms with van der Waals surface area (Å²) >= 11 is 2.22. The molecule has 0 aliphatic carbocycles. The van der Waals surface area contributed by atoms with Gasteiger partial charge in [-0.3, -0.25) is 4.79 Å². The molecule has 0 radical (unpaired) electrons. The SMILES string of the molecule is COc1ccc(C)cc1C(C)NC(=O)c1ccc(I)cc1. The highest BCUT2D eigenvalue weighted by Gasteiger charge is 2.15. The van der Waals surface area contributed by atoms with E-state index in [-0.39, 0.29) is 11.9 Å². The average molecular weight is 395 g/mol. The monoisotopic (exact) mass is 395 g/mol. The first-order chi connectivity index (χ1) is 10.0. The highest BCUT2D eigenvalue weighted by Crippen LogP contribution is 2.26. The Balaban J connectivity index is 2.17. The van der Waals surface area contributed by atoms with Crippen molar-refractivity contribution in [3.8, 4) is 5.75 Å². The second-order valence-corrected chi connectivity index (χ2v) is 6.19. The Morgan fingerprint density at radius 3 is 2.48 bits per heavy atom. The molecule has 0 heterocycles. The second kappa shape index (κ2) is 6.93. The third kappa shape index (κ3) is 3.97. The van der Waals surface area contributed by atoms with Gasteiger partial charge in [-0.1, -0.05) is 17.7 Å². The second-order valence-electron chi connectivity index (χ2n) is 4.95. The van der Waals surface area contributed by atoms with E-state index in [2.05, 4.69) is 27.9 Å². The fraction of sp³-hybridized carbons (Fsp3) is 0.235. The van der Waals surface area contributed by atoms with Gasteiger partial charge in [0.2, 0.25) is 0 Å². The first-order valence-electron chi connectivity index (χ1n) is 6.72. The van der Waals surface area contributed by atoms with Crippen molar-refractivity contribution in [2.24, 2.45) is 0 Å². The van der Waals surface area contributed by atoms with E-state index in [9.17, 15) is 4.79 Å². The number of methoxy groups -OCH3 is 1. The van der Waals surface area contributed by atoms with Crippen molar-refractivity contribution in [3.05, 3.63) is 62.7 Å². The van der Waals surface area contributed by atoms with Gasteiger partial charge in [-0.15, -0.1) is 0 Å². The summed E-state index contributed by atoms with van der Waals surface area (Å²) < 4.78 is 6.48. The molecule has 0 aliphatic rings. The van der Waals surface area contributed by atoms with E-state index in [4.69, 9.17) is 4.74 Å². The smallest absolute Gasteiger partial charge is 0.251 e. The first kappa shape index (κ1) is 15.8. The van der Waals surface area contributed by atoms with Gasteiger partial charge < -0.3 is 10.1 Å². The first-order valence-corrected chi connectivity index (χ1v) is 7.80. The maximum Gasteiger partial charge on any atom is 0.251 e. The summed E-state index contributed by atoms with van der Waals surface area (Å²) in [5, 5.41) is 3.01. The van der Waals surface area contributed by atoms with Crippen molar-refractivity contribution >= 4 is 28.5 Å². The third-order valence-electron chi connectivity index (χ3n) is 3.31. The van der Waals surface area contributed by atoms with Crippen molar-refractivity contribution in [2.75, 3.05) is 7.11 Å². The molecule has 0 saturated heterocycles. The molecule has 2 aromatic rings. The third-order valence-corrected chi connectivity index (χ3v) is 4.02. The number of hydrogen-bond acceptors (Lipinski definition) is 2. The van der Waals surface area contributed by atoms with Crippen LogP contribution in [0.15, 0.2) is 42.5 Å². The molecule has 1 amide bonds. The number of nitrogens with one attached hydrogen (secondary N) is 1. The van der Waals surface area contributed by atoms with Crippen molar-refractivity contribution in [1.29, 1.82) is 0 Å². The Kier molecular flexibility index (Phi) is 5.22. The minimum atomic E-state index is -0.119. The lowest BCUT2D eigenvalue weighted by Gasteiger charge is -2.18. The normalized spacial score (nSPS) is 11.8. The molecule has 110 valence electrons. The lowest BCUT2D eigenvalue weighted by molar-refractivity contribution is 0.0939. The molecule has 1 atom stereocenters. The van der Waals surface area contributed by atoms with Crippen molar-refractivity contribution in [3.63, 3.8) is 0 Å². The van der Waals surface area contributed by atoms with Gasteiger partial charge in [-0.05, 0) is 66.8 Å². The molecule has 3 nitrogen and oxygen atoms in total. The van der Waals surface area contributed by atoms with E-state index < -0.39 is 0 Å². The predicted molar refractivity (Wildman–Crippen MR) is 92.8 cm³/mol. The van der Waals surface area contributed by atoms with Crippen LogP contribution in [0, 0.1) is 10.5 Å². The van der Waals surface area contributed by atoms with E-state index >= 15 is 0 Å². The topological polar surface area (TPSA) is 38.3 Å². The summed E-state index contributed by atoms with van der Waals surface area (Å²) in [6, 6.07) is 13.4. The molecule has 0 saturated carbocycles. The molecule has 21 heavy (non-hydrogen) atoms. The van der Waals surface area contributed by atoms with Gasteiger partial charge in [0.1, 0.15) is 5.75 Å². The average Bonchev–Trinajstić information content (AvgIpc) is 2.47. The van der Waals surface area contributed by atoms with E-state index in [0.29, 0.717) is 5.56 Å². The minimum Gasteiger partial charge on any atom is -0.496 e. The van der Waals surface area contributed by atoms with Crippen molar-refractivity contribution in [1.82, 2.24) is 5.32 Å². The number of hydrogen-bond donors (Lipinski definition) is 1. The highest BCUT2D eigenvalue weighted by molar-refractivity contribution is 14.1. The van der Waals surface area contributed by atoms with Gasteiger partial charge in [0.05, 0.1) is 13.2 Å². The van der Waals surface area contributed by atoms with Gasteiger partial charge >= 0.3 is 0 Å². The number of ether oxygens (including phenoxy) is 1. The molecule has 0 aliphatic heterocycles. The van der Waals surface area contributed by atoms with Crippen LogP contribution in [0.25, 0.3) is 0 Å². The molecule has 1 unspecified atom stereocenters. The zero-order valence-corrected chi connectivity index (χ0v) is 14.5. The maximum absolute atomic E-state index is 12.3. The van der Waals surface area contributed by atoms with Gasteiger partial charge in [-0.25, -0.2) is 0 Å². The van der Waals surface area contributed by atoms with E-state index in [1.165, 1.54) is 0 Å². The van der Waals surface area contributed by atoms with E-state index in [1.54, 1.807) is 7.11 Å². The number of aryl methyl sites for hydroxylation is 1. The predicted octanol–water partition coefficient (Wildman–Crippen LogP) is 4.10. The molecule has 0 spiro atoms. The molecule has 4 heteroatoms. The number of carbonyl (C=O) groups excluding carboxylic acids is 1. The van der Waals surface area contributed by atoms with Gasteiger partial charge in [0.25, 0.3) is 5.91 Å². The summed E-state index contributed by atoms with van der Waals surface area (Å²) in [5.74, 6) is 0.707. The van der Waals surface area contributed by atoms with Crippen LogP contribution >= 0.6 is 22.6 Å². The van der Waals surface area contributed by atoms with Crippen molar-refractivity contribution in [2.45, 2.75) is 19.9 Å². The van der Waals surface area contributed by atoms with Crippen LogP contribution in [0.1, 0.15) is 34.5 Å². The van der Waals surface area contributed by atoms with Crippen LogP contribution < -0.4 is 10.1 Å². The molecule has 0 bridgehead atoms. The fourth-order valence-electron chi connectivity index (χ4n) is 2.15. The number of amides is 1. The van der Waals surface area contributed by atoms with Crippen LogP contribution in [0.3, 0.4) is 0 Å². The number of rotatable bonds is 4. The molecule has 1 N–H and O–H groups in total. The molecule has 2 rings (SSSR count). The number of benzene rings is 2. The van der Waals surface area contributed by atoms with E-state index in [1.807, 2.05) is 56.3 Å². The van der Waals surface area contributed by atoms with Gasteiger partial charge in [0, 0.05) is 14.7 Å². The molecular weight excluding hydrogens is 377 g/mol. The standard InChI is InChI=1S/C17H18INO2/c1-11-4-9-16(21-3)15(10-11)12(2)19-17(20)13-5-7-14(18)8-6-13/h4-10,12H,1-3H3,(H,19,20). The molecule has 2 aromatic carbocycles. The zero-order chi connectivity index (χ0) is 15.4. The van der Waals surface area contributed by atoms with Crippen LogP contribution in [0.5, 0.6) is 5.75 Å². The van der Waals surface area contributed by atoms with Crippen LogP contribution in [-0.2, 0) is 0 Å². The van der Waals surface area contributed by atoms with Gasteiger partial charge in [0.15, 0.2) is 0 Å².